The zero-order valence-corrected chi connectivity index (χ0v) is 18.7. The maximum Gasteiger partial charge on any atom is 0.259 e. The smallest absolute Gasteiger partial charge is 0.259 e. The number of carbonyl (C=O) groups excluding carboxylic acids is 1. The second-order valence-corrected chi connectivity index (χ2v) is 8.34. The van der Waals surface area contributed by atoms with Gasteiger partial charge in [0.2, 0.25) is 0 Å². The average Bonchev–Trinajstić information content (AvgIpc) is 3.32. The van der Waals surface area contributed by atoms with Gasteiger partial charge >= 0.3 is 0 Å². The third kappa shape index (κ3) is 4.26. The first-order valence-electron chi connectivity index (χ1n) is 10.8. The summed E-state index contributed by atoms with van der Waals surface area (Å²) in [6.45, 7) is 9.54. The van der Waals surface area contributed by atoms with Crippen LogP contribution in [0, 0.1) is 13.8 Å². The van der Waals surface area contributed by atoms with Gasteiger partial charge in [0.1, 0.15) is 5.82 Å². The molecule has 0 saturated carbocycles. The summed E-state index contributed by atoms with van der Waals surface area (Å²) in [6.07, 6.45) is 5.67. The van der Waals surface area contributed by atoms with Crippen molar-refractivity contribution in [1.82, 2.24) is 19.8 Å². The van der Waals surface area contributed by atoms with E-state index in [2.05, 4.69) is 77.1 Å². The molecule has 1 aliphatic heterocycles. The lowest BCUT2D eigenvalue weighted by Gasteiger charge is -2.30. The minimum absolute atomic E-state index is 0.111. The quantitative estimate of drug-likeness (QED) is 0.489. The molecule has 0 bridgehead atoms. The Hall–Kier alpha value is -3.35. The molecule has 0 spiro atoms. The maximum absolute atomic E-state index is 12.5. The van der Waals surface area contributed by atoms with Crippen LogP contribution in [0.3, 0.4) is 0 Å². The number of nitrogens with zero attached hydrogens (tertiary/aromatic N) is 5. The van der Waals surface area contributed by atoms with E-state index in [9.17, 15) is 4.79 Å². The topological polar surface area (TPSA) is 67.5 Å². The molecule has 2 aromatic heterocycles. The number of hydrogen-bond acceptors (Lipinski definition) is 4. The number of hydrogen-bond donors (Lipinski definition) is 1. The molecule has 3 aromatic rings. The molecule has 4 rings (SSSR count). The highest BCUT2D eigenvalue weighted by atomic mass is 16.2. The molecule has 0 aliphatic carbocycles. The van der Waals surface area contributed by atoms with Crippen LogP contribution in [0.25, 0.3) is 5.82 Å². The molecule has 0 radical (unpaired) electrons. The third-order valence-corrected chi connectivity index (χ3v) is 5.77. The van der Waals surface area contributed by atoms with Crippen molar-refractivity contribution in [2.24, 2.45) is 5.10 Å². The van der Waals surface area contributed by atoms with E-state index >= 15 is 0 Å². The summed E-state index contributed by atoms with van der Waals surface area (Å²) in [7, 11) is 0. The lowest BCUT2D eigenvalue weighted by atomic mass is 10.0. The molecule has 31 heavy (non-hydrogen) atoms. The van der Waals surface area contributed by atoms with Crippen molar-refractivity contribution in [2.45, 2.75) is 46.6 Å². The van der Waals surface area contributed by atoms with E-state index in [4.69, 9.17) is 0 Å². The third-order valence-electron chi connectivity index (χ3n) is 5.77. The molecular formula is C24H30N6O. The largest absolute Gasteiger partial charge is 0.362 e. The number of benzene rings is 1. The summed E-state index contributed by atoms with van der Waals surface area (Å²) in [5.74, 6) is 0.914. The van der Waals surface area contributed by atoms with Crippen LogP contribution in [0.15, 0.2) is 47.7 Å². The monoisotopic (exact) mass is 418 g/mol. The first-order valence-corrected chi connectivity index (χ1v) is 10.8. The lowest BCUT2D eigenvalue weighted by Crippen LogP contribution is -2.38. The van der Waals surface area contributed by atoms with Crippen LogP contribution in [-0.4, -0.2) is 39.6 Å². The van der Waals surface area contributed by atoms with Gasteiger partial charge in [0.25, 0.3) is 5.91 Å². The fourth-order valence-corrected chi connectivity index (χ4v) is 4.31. The minimum Gasteiger partial charge on any atom is -0.362 e. The number of fused-ring (bicyclic) bond motifs is 1. The van der Waals surface area contributed by atoms with Gasteiger partial charge in [-0.2, -0.15) is 10.2 Å². The minimum atomic E-state index is -0.111. The van der Waals surface area contributed by atoms with E-state index in [-0.39, 0.29) is 11.9 Å². The summed E-state index contributed by atoms with van der Waals surface area (Å²) in [5, 5.41) is 8.67. The number of aryl methyl sites for hydroxylation is 2. The number of amides is 1. The Morgan fingerprint density at radius 2 is 2.06 bits per heavy atom. The van der Waals surface area contributed by atoms with Crippen LogP contribution in [-0.2, 0) is 11.2 Å². The predicted molar refractivity (Wildman–Crippen MR) is 124 cm³/mol. The predicted octanol–water partition coefficient (Wildman–Crippen LogP) is 3.77. The van der Waals surface area contributed by atoms with E-state index in [1.165, 1.54) is 5.56 Å². The molecule has 1 N–H and O–H groups in total. The van der Waals surface area contributed by atoms with Crippen molar-refractivity contribution < 1.29 is 4.79 Å². The first kappa shape index (κ1) is 20.9. The number of aromatic nitrogens is 3. The Kier molecular flexibility index (Phi) is 5.93. The highest BCUT2D eigenvalue weighted by Crippen LogP contribution is 2.26. The number of nitrogens with one attached hydrogen (secondary N) is 1. The molecule has 1 aromatic carbocycles. The van der Waals surface area contributed by atoms with E-state index < -0.39 is 0 Å². The Morgan fingerprint density at radius 3 is 2.87 bits per heavy atom. The van der Waals surface area contributed by atoms with Gasteiger partial charge in [0.05, 0.1) is 19.0 Å². The van der Waals surface area contributed by atoms with Crippen LogP contribution < -0.4 is 10.3 Å². The van der Waals surface area contributed by atoms with Crippen LogP contribution in [0.4, 0.5) is 5.69 Å². The van der Waals surface area contributed by atoms with Crippen LogP contribution >= 0.6 is 0 Å². The normalized spacial score (nSPS) is 13.8. The Bertz CT molecular complexity index is 1110. The molecular weight excluding hydrogens is 388 g/mol. The lowest BCUT2D eigenvalue weighted by molar-refractivity contribution is -0.119. The molecule has 162 valence electrons. The van der Waals surface area contributed by atoms with Crippen molar-refractivity contribution in [3.63, 3.8) is 0 Å². The van der Waals surface area contributed by atoms with Crippen LogP contribution in [0.2, 0.25) is 0 Å². The average molecular weight is 419 g/mol. The molecule has 3 heterocycles. The number of para-hydroxylation sites is 1. The molecule has 1 aliphatic rings. The van der Waals surface area contributed by atoms with Crippen molar-refractivity contribution >= 4 is 17.8 Å². The Balaban J connectivity index is 1.44. The van der Waals surface area contributed by atoms with Crippen molar-refractivity contribution in [1.29, 1.82) is 0 Å². The molecule has 0 fully saturated rings. The highest BCUT2D eigenvalue weighted by molar-refractivity contribution is 5.86. The standard InChI is InChI=1S/C24H30N6O/c1-17(2)30-24(11-12-26-30)29-18(3)14-21(19(29)4)15-25-27-23(31)16-28-13-7-9-20-8-5-6-10-22(20)28/h5-6,8,10-12,14-15,17H,7,9,13,16H2,1-4H3,(H,27,31)/b25-15-. The van der Waals surface area contributed by atoms with Crippen LogP contribution in [0.5, 0.6) is 0 Å². The molecule has 0 unspecified atom stereocenters. The van der Waals surface area contributed by atoms with Crippen LogP contribution in [0.1, 0.15) is 48.8 Å². The van der Waals surface area contributed by atoms with E-state index in [0.29, 0.717) is 6.54 Å². The van der Waals surface area contributed by atoms with Crippen molar-refractivity contribution in [2.75, 3.05) is 18.0 Å². The fourth-order valence-electron chi connectivity index (χ4n) is 4.31. The summed E-state index contributed by atoms with van der Waals surface area (Å²) in [4.78, 5) is 14.6. The highest BCUT2D eigenvalue weighted by Gasteiger charge is 2.18. The summed E-state index contributed by atoms with van der Waals surface area (Å²) >= 11 is 0. The van der Waals surface area contributed by atoms with Gasteiger partial charge in [0.15, 0.2) is 0 Å². The molecule has 7 nitrogen and oxygen atoms in total. The van der Waals surface area contributed by atoms with E-state index in [1.807, 2.05) is 23.0 Å². The molecule has 0 saturated heterocycles. The van der Waals surface area contributed by atoms with Crippen molar-refractivity contribution in [3.8, 4) is 5.82 Å². The molecule has 1 amide bonds. The molecule has 0 atom stereocenters. The van der Waals surface area contributed by atoms with Gasteiger partial charge in [-0.15, -0.1) is 0 Å². The zero-order chi connectivity index (χ0) is 22.0. The van der Waals surface area contributed by atoms with Crippen molar-refractivity contribution in [3.05, 3.63) is 65.1 Å². The van der Waals surface area contributed by atoms with Gasteiger partial charge in [-0.1, -0.05) is 18.2 Å². The second-order valence-electron chi connectivity index (χ2n) is 8.34. The maximum atomic E-state index is 12.5. The van der Waals surface area contributed by atoms with Gasteiger partial charge in [-0.3, -0.25) is 4.79 Å². The number of anilines is 1. The summed E-state index contributed by atoms with van der Waals surface area (Å²) in [6, 6.07) is 12.6. The number of hydrazone groups is 1. The zero-order valence-electron chi connectivity index (χ0n) is 18.7. The molecule has 7 heteroatoms. The van der Waals surface area contributed by atoms with Gasteiger partial charge in [-0.05, 0) is 58.2 Å². The Labute approximate surface area is 183 Å². The second kappa shape index (κ2) is 8.79. The summed E-state index contributed by atoms with van der Waals surface area (Å²) in [5.41, 5.74) is 8.27. The van der Waals surface area contributed by atoms with E-state index in [1.54, 1.807) is 6.21 Å². The Morgan fingerprint density at radius 1 is 1.26 bits per heavy atom. The van der Waals surface area contributed by atoms with Gasteiger partial charge in [0, 0.05) is 41.3 Å². The van der Waals surface area contributed by atoms with Gasteiger partial charge in [-0.25, -0.2) is 10.1 Å². The number of carbonyl (C=O) groups is 1. The fraction of sp³-hybridized carbons (Fsp3) is 0.375. The van der Waals surface area contributed by atoms with Gasteiger partial charge < -0.3 is 9.47 Å². The van der Waals surface area contributed by atoms with E-state index in [0.717, 1.165) is 47.8 Å². The first-order chi connectivity index (χ1) is 15.0. The SMILES string of the molecule is Cc1cc(/C=N\NC(=O)CN2CCCc3ccccc32)c(C)n1-c1ccnn1C(C)C. The summed E-state index contributed by atoms with van der Waals surface area (Å²) < 4.78 is 4.17. The number of rotatable bonds is 6.